The largest absolute Gasteiger partial charge is 0.352 e. The molecule has 0 aliphatic rings. The standard InChI is InChI=1S/C16H21Cl2N5OS/c1-10(2)9-23-14(21-22-16(23)25-3)5-4-6-19-15(24)11-7-12(17)20-13(18)8-11/h7-8,10H,4-6,9H2,1-3H3,(H,19,24). The molecule has 25 heavy (non-hydrogen) atoms. The predicted octanol–water partition coefficient (Wildman–Crippen LogP) is 3.72. The van der Waals surface area contributed by atoms with Crippen molar-refractivity contribution in [2.45, 2.75) is 38.4 Å². The van der Waals surface area contributed by atoms with E-state index in [2.05, 4.69) is 38.9 Å². The molecule has 0 aromatic carbocycles. The van der Waals surface area contributed by atoms with Crippen LogP contribution in [0.3, 0.4) is 0 Å². The smallest absolute Gasteiger partial charge is 0.251 e. The third-order valence-electron chi connectivity index (χ3n) is 3.41. The molecule has 0 aliphatic heterocycles. The first-order valence-corrected chi connectivity index (χ1v) is 9.96. The summed E-state index contributed by atoms with van der Waals surface area (Å²) >= 11 is 13.2. The number of aryl methyl sites for hydroxylation is 1. The number of hydrogen-bond acceptors (Lipinski definition) is 5. The molecule has 2 aromatic rings. The number of pyridine rings is 1. The van der Waals surface area contributed by atoms with Gasteiger partial charge in [0, 0.05) is 25.1 Å². The molecule has 2 heterocycles. The van der Waals surface area contributed by atoms with Crippen molar-refractivity contribution in [1.29, 1.82) is 0 Å². The second kappa shape index (κ2) is 9.40. The van der Waals surface area contributed by atoms with Crippen LogP contribution in [0.2, 0.25) is 10.3 Å². The number of aromatic nitrogens is 4. The van der Waals surface area contributed by atoms with Crippen LogP contribution in [0.1, 0.15) is 36.5 Å². The zero-order valence-electron chi connectivity index (χ0n) is 14.4. The summed E-state index contributed by atoms with van der Waals surface area (Å²) in [7, 11) is 0. The number of nitrogens with one attached hydrogen (secondary N) is 1. The van der Waals surface area contributed by atoms with Crippen LogP contribution in [-0.2, 0) is 13.0 Å². The van der Waals surface area contributed by atoms with Gasteiger partial charge in [-0.1, -0.05) is 48.8 Å². The Hall–Kier alpha value is -1.31. The maximum atomic E-state index is 12.1. The number of nitrogens with zero attached hydrogens (tertiary/aromatic N) is 4. The zero-order valence-corrected chi connectivity index (χ0v) is 16.8. The summed E-state index contributed by atoms with van der Waals surface area (Å²) in [4.78, 5) is 16.0. The normalized spacial score (nSPS) is 11.1. The van der Waals surface area contributed by atoms with Crippen molar-refractivity contribution in [3.05, 3.63) is 33.8 Å². The third kappa shape index (κ3) is 5.87. The minimum atomic E-state index is -0.223. The van der Waals surface area contributed by atoms with Gasteiger partial charge in [0.25, 0.3) is 5.91 Å². The van der Waals surface area contributed by atoms with Crippen LogP contribution in [0.4, 0.5) is 0 Å². The average molecular weight is 402 g/mol. The molecule has 1 N–H and O–H groups in total. The molecule has 0 spiro atoms. The van der Waals surface area contributed by atoms with E-state index >= 15 is 0 Å². The van der Waals surface area contributed by atoms with E-state index in [0.717, 1.165) is 30.4 Å². The highest BCUT2D eigenvalue weighted by Crippen LogP contribution is 2.17. The van der Waals surface area contributed by atoms with Crippen molar-refractivity contribution in [3.63, 3.8) is 0 Å². The number of hydrogen-bond donors (Lipinski definition) is 1. The van der Waals surface area contributed by atoms with Crippen LogP contribution in [0.15, 0.2) is 17.3 Å². The van der Waals surface area contributed by atoms with E-state index in [1.54, 1.807) is 11.8 Å². The predicted molar refractivity (Wildman–Crippen MR) is 102 cm³/mol. The minimum Gasteiger partial charge on any atom is -0.352 e. The molecular weight excluding hydrogens is 381 g/mol. The molecule has 0 fully saturated rings. The molecule has 0 atom stereocenters. The molecule has 0 saturated carbocycles. The Bertz CT molecular complexity index is 715. The second-order valence-corrected chi connectivity index (χ2v) is 7.52. The van der Waals surface area contributed by atoms with E-state index in [9.17, 15) is 4.79 Å². The molecule has 1 amide bonds. The molecule has 136 valence electrons. The molecule has 0 bridgehead atoms. The van der Waals surface area contributed by atoms with Crippen LogP contribution in [0, 0.1) is 5.92 Å². The molecule has 2 rings (SSSR count). The fourth-order valence-corrected chi connectivity index (χ4v) is 3.33. The summed E-state index contributed by atoms with van der Waals surface area (Å²) in [5.41, 5.74) is 0.401. The second-order valence-electron chi connectivity index (χ2n) is 5.97. The van der Waals surface area contributed by atoms with Gasteiger partial charge in [0.1, 0.15) is 16.1 Å². The van der Waals surface area contributed by atoms with Gasteiger partial charge < -0.3 is 9.88 Å². The highest BCUT2D eigenvalue weighted by Gasteiger charge is 2.13. The number of rotatable bonds is 8. The molecule has 0 aliphatic carbocycles. The summed E-state index contributed by atoms with van der Waals surface area (Å²) < 4.78 is 2.15. The lowest BCUT2D eigenvalue weighted by Crippen LogP contribution is -2.25. The van der Waals surface area contributed by atoms with Crippen molar-refractivity contribution in [2.75, 3.05) is 12.8 Å². The lowest BCUT2D eigenvalue weighted by atomic mass is 10.2. The third-order valence-corrected chi connectivity index (χ3v) is 4.47. The van der Waals surface area contributed by atoms with E-state index in [0.29, 0.717) is 18.0 Å². The first-order chi connectivity index (χ1) is 11.9. The fraction of sp³-hybridized carbons (Fsp3) is 0.500. The van der Waals surface area contributed by atoms with Gasteiger partial charge in [-0.15, -0.1) is 10.2 Å². The van der Waals surface area contributed by atoms with Gasteiger partial charge in [-0.05, 0) is 30.7 Å². The van der Waals surface area contributed by atoms with Gasteiger partial charge in [0.05, 0.1) is 0 Å². The van der Waals surface area contributed by atoms with Crippen molar-refractivity contribution in [2.24, 2.45) is 5.92 Å². The summed E-state index contributed by atoms with van der Waals surface area (Å²) in [6.45, 7) is 5.75. The summed E-state index contributed by atoms with van der Waals surface area (Å²) in [6.07, 6.45) is 3.51. The number of carbonyl (C=O) groups excluding carboxylic acids is 1. The Labute approximate surface area is 161 Å². The van der Waals surface area contributed by atoms with Crippen LogP contribution >= 0.6 is 35.0 Å². The van der Waals surface area contributed by atoms with Crippen molar-refractivity contribution in [1.82, 2.24) is 25.1 Å². The highest BCUT2D eigenvalue weighted by molar-refractivity contribution is 7.98. The van der Waals surface area contributed by atoms with Gasteiger partial charge in [-0.2, -0.15) is 0 Å². The SMILES string of the molecule is CSc1nnc(CCCNC(=O)c2cc(Cl)nc(Cl)c2)n1CC(C)C. The average Bonchev–Trinajstić information content (AvgIpc) is 2.91. The van der Waals surface area contributed by atoms with Crippen LogP contribution in [0.5, 0.6) is 0 Å². The number of thioether (sulfide) groups is 1. The van der Waals surface area contributed by atoms with E-state index in [4.69, 9.17) is 23.2 Å². The fourth-order valence-electron chi connectivity index (χ4n) is 2.35. The maximum Gasteiger partial charge on any atom is 0.251 e. The number of carbonyl (C=O) groups is 1. The Kier molecular flexibility index (Phi) is 7.53. The molecular formula is C16H21Cl2N5OS. The Morgan fingerprint density at radius 2 is 1.96 bits per heavy atom. The molecule has 9 heteroatoms. The highest BCUT2D eigenvalue weighted by atomic mass is 35.5. The Morgan fingerprint density at radius 3 is 2.56 bits per heavy atom. The number of amides is 1. The Balaban J connectivity index is 1.89. The van der Waals surface area contributed by atoms with Crippen molar-refractivity contribution < 1.29 is 4.79 Å². The topological polar surface area (TPSA) is 72.7 Å². The van der Waals surface area contributed by atoms with Crippen molar-refractivity contribution in [3.8, 4) is 0 Å². The zero-order chi connectivity index (χ0) is 18.4. The molecule has 0 saturated heterocycles. The minimum absolute atomic E-state index is 0.198. The van der Waals surface area contributed by atoms with Gasteiger partial charge in [-0.3, -0.25) is 4.79 Å². The van der Waals surface area contributed by atoms with Crippen LogP contribution < -0.4 is 5.32 Å². The van der Waals surface area contributed by atoms with Crippen LogP contribution in [-0.4, -0.2) is 38.5 Å². The molecule has 6 nitrogen and oxygen atoms in total. The van der Waals surface area contributed by atoms with E-state index in [-0.39, 0.29) is 16.2 Å². The molecule has 0 unspecified atom stereocenters. The summed E-state index contributed by atoms with van der Waals surface area (Å²) in [5, 5.41) is 12.7. The first kappa shape index (κ1) is 20.0. The molecule has 2 aromatic heterocycles. The van der Waals surface area contributed by atoms with E-state index < -0.39 is 0 Å². The monoisotopic (exact) mass is 401 g/mol. The maximum absolute atomic E-state index is 12.1. The van der Waals surface area contributed by atoms with Gasteiger partial charge >= 0.3 is 0 Å². The van der Waals surface area contributed by atoms with Gasteiger partial charge in [-0.25, -0.2) is 4.98 Å². The number of halogens is 2. The summed E-state index contributed by atoms with van der Waals surface area (Å²) in [6, 6.07) is 2.99. The Morgan fingerprint density at radius 1 is 1.28 bits per heavy atom. The van der Waals surface area contributed by atoms with Gasteiger partial charge in [0.15, 0.2) is 5.16 Å². The van der Waals surface area contributed by atoms with Crippen LogP contribution in [0.25, 0.3) is 0 Å². The first-order valence-electron chi connectivity index (χ1n) is 7.98. The lowest BCUT2D eigenvalue weighted by Gasteiger charge is -2.11. The lowest BCUT2D eigenvalue weighted by molar-refractivity contribution is 0.0953. The van der Waals surface area contributed by atoms with Gasteiger partial charge in [0.2, 0.25) is 0 Å². The van der Waals surface area contributed by atoms with E-state index in [1.807, 2.05) is 6.26 Å². The van der Waals surface area contributed by atoms with Crippen molar-refractivity contribution >= 4 is 40.9 Å². The molecule has 0 radical (unpaired) electrons. The van der Waals surface area contributed by atoms with E-state index in [1.165, 1.54) is 12.1 Å². The summed E-state index contributed by atoms with van der Waals surface area (Å²) in [5.74, 6) is 1.24. The quantitative estimate of drug-likeness (QED) is 0.414.